The van der Waals surface area contributed by atoms with E-state index in [9.17, 15) is 14.4 Å². The van der Waals surface area contributed by atoms with Crippen molar-refractivity contribution in [2.45, 2.75) is 6.92 Å². The number of primary amides is 1. The molecule has 0 aliphatic carbocycles. The first-order chi connectivity index (χ1) is 9.89. The smallest absolute Gasteiger partial charge is 0.263 e. The minimum absolute atomic E-state index is 0.145. The second kappa shape index (κ2) is 5.40. The van der Waals surface area contributed by atoms with Gasteiger partial charge >= 0.3 is 0 Å². The highest BCUT2D eigenvalue weighted by molar-refractivity contribution is 6.24. The van der Waals surface area contributed by atoms with Gasteiger partial charge in [-0.2, -0.15) is 0 Å². The van der Waals surface area contributed by atoms with Crippen LogP contribution in [0.15, 0.2) is 42.0 Å². The molecule has 1 aromatic rings. The Morgan fingerprint density at radius 1 is 1.29 bits per heavy atom. The molecule has 0 radical (unpaired) electrons. The number of hydrogen-bond donors (Lipinski definition) is 2. The van der Waals surface area contributed by atoms with Gasteiger partial charge in [0.25, 0.3) is 11.8 Å². The Balaban J connectivity index is 2.52. The van der Waals surface area contributed by atoms with E-state index in [1.807, 2.05) is 6.07 Å². The monoisotopic (exact) mass is 287 g/mol. The predicted octanol–water partition coefficient (Wildman–Crippen LogP) is 0.197. The van der Waals surface area contributed by atoms with Crippen LogP contribution in [-0.4, -0.2) is 31.3 Å². The van der Waals surface area contributed by atoms with E-state index in [1.165, 1.54) is 18.0 Å². The van der Waals surface area contributed by atoms with Gasteiger partial charge in [0.2, 0.25) is 5.91 Å². The molecule has 0 saturated carbocycles. The van der Waals surface area contributed by atoms with Crippen LogP contribution in [0.3, 0.4) is 0 Å². The van der Waals surface area contributed by atoms with Crippen molar-refractivity contribution in [2.24, 2.45) is 11.1 Å². The molecule has 1 aromatic carbocycles. The molecule has 0 saturated heterocycles. The van der Waals surface area contributed by atoms with Gasteiger partial charge in [-0.3, -0.25) is 14.4 Å². The third-order valence-corrected chi connectivity index (χ3v) is 3.50. The molecule has 3 amide bonds. The zero-order chi connectivity index (χ0) is 15.6. The number of nitrogens with one attached hydrogen (secondary N) is 1. The number of amides is 3. The lowest BCUT2D eigenvalue weighted by atomic mass is 9.82. The average molecular weight is 287 g/mol. The van der Waals surface area contributed by atoms with E-state index >= 15 is 0 Å². The summed E-state index contributed by atoms with van der Waals surface area (Å²) in [5, 5.41) is 2.55. The van der Waals surface area contributed by atoms with E-state index in [0.29, 0.717) is 5.69 Å². The fourth-order valence-corrected chi connectivity index (χ4v) is 2.39. The fraction of sp³-hybridized carbons (Fsp3) is 0.267. The molecule has 6 heteroatoms. The largest absolute Gasteiger partial charge is 0.365 e. The summed E-state index contributed by atoms with van der Waals surface area (Å²) in [7, 11) is 1.51. The Morgan fingerprint density at radius 2 is 1.90 bits per heavy atom. The van der Waals surface area contributed by atoms with Crippen LogP contribution >= 0.6 is 0 Å². The van der Waals surface area contributed by atoms with Crippen LogP contribution in [0.2, 0.25) is 0 Å². The molecule has 21 heavy (non-hydrogen) atoms. The zero-order valence-electron chi connectivity index (χ0n) is 11.9. The minimum atomic E-state index is -1.01. The summed E-state index contributed by atoms with van der Waals surface area (Å²) in [6.45, 7) is 1.81. The van der Waals surface area contributed by atoms with Crippen molar-refractivity contribution in [1.29, 1.82) is 0 Å². The van der Waals surface area contributed by atoms with Crippen molar-refractivity contribution in [3.8, 4) is 0 Å². The highest BCUT2D eigenvalue weighted by atomic mass is 16.2. The second-order valence-electron chi connectivity index (χ2n) is 5.15. The first-order valence-electron chi connectivity index (χ1n) is 6.51. The maximum Gasteiger partial charge on any atom is 0.263 e. The van der Waals surface area contributed by atoms with Gasteiger partial charge in [-0.1, -0.05) is 18.2 Å². The van der Waals surface area contributed by atoms with E-state index in [0.717, 1.165) is 0 Å². The highest BCUT2D eigenvalue weighted by Crippen LogP contribution is 2.31. The van der Waals surface area contributed by atoms with Gasteiger partial charge in [0.15, 0.2) is 0 Å². The summed E-state index contributed by atoms with van der Waals surface area (Å²) in [4.78, 5) is 37.4. The molecule has 110 valence electrons. The van der Waals surface area contributed by atoms with E-state index in [2.05, 4.69) is 5.32 Å². The maximum atomic E-state index is 12.4. The Hall–Kier alpha value is -2.63. The molecule has 0 spiro atoms. The number of carbonyl (C=O) groups excluding carboxylic acids is 3. The molecule has 0 aromatic heterocycles. The quantitative estimate of drug-likeness (QED) is 0.778. The molecular formula is C15H17N3O3. The lowest BCUT2D eigenvalue weighted by Gasteiger charge is -2.36. The van der Waals surface area contributed by atoms with Crippen LogP contribution in [0.5, 0.6) is 0 Å². The maximum absolute atomic E-state index is 12.4. The molecule has 0 bridgehead atoms. The molecule has 3 N–H and O–H groups in total. The van der Waals surface area contributed by atoms with Gasteiger partial charge in [-0.05, 0) is 25.1 Å². The lowest BCUT2D eigenvalue weighted by molar-refractivity contribution is -0.128. The summed E-state index contributed by atoms with van der Waals surface area (Å²) < 4.78 is 0. The number of nitrogens with two attached hydrogens (primary N) is 1. The third-order valence-electron chi connectivity index (χ3n) is 3.50. The number of anilines is 1. The van der Waals surface area contributed by atoms with Gasteiger partial charge in [-0.15, -0.1) is 0 Å². The Bertz CT molecular complexity index is 624. The average Bonchev–Trinajstić information content (AvgIpc) is 2.49. The topological polar surface area (TPSA) is 92.5 Å². The second-order valence-corrected chi connectivity index (χ2v) is 5.15. The normalized spacial score (nSPS) is 21.7. The van der Waals surface area contributed by atoms with Crippen molar-refractivity contribution in [1.82, 2.24) is 5.32 Å². The molecule has 1 heterocycles. The summed E-state index contributed by atoms with van der Waals surface area (Å²) in [6.07, 6.45) is 1.36. The lowest BCUT2D eigenvalue weighted by Crippen LogP contribution is -2.52. The Morgan fingerprint density at radius 3 is 2.43 bits per heavy atom. The van der Waals surface area contributed by atoms with Crippen LogP contribution in [0.25, 0.3) is 0 Å². The first kappa shape index (κ1) is 14.8. The van der Waals surface area contributed by atoms with Crippen LogP contribution in [0.1, 0.15) is 6.92 Å². The molecule has 6 nitrogen and oxygen atoms in total. The van der Waals surface area contributed by atoms with Crippen molar-refractivity contribution in [3.05, 3.63) is 42.0 Å². The van der Waals surface area contributed by atoms with Crippen LogP contribution in [0, 0.1) is 5.41 Å². The van der Waals surface area contributed by atoms with E-state index in [1.54, 1.807) is 31.2 Å². The molecule has 1 aliphatic heterocycles. The number of hydrogen-bond acceptors (Lipinski definition) is 3. The van der Waals surface area contributed by atoms with Gasteiger partial charge in [0.05, 0.1) is 5.41 Å². The number of benzene rings is 1. The zero-order valence-corrected chi connectivity index (χ0v) is 11.9. The van der Waals surface area contributed by atoms with E-state index in [4.69, 9.17) is 5.73 Å². The van der Waals surface area contributed by atoms with Crippen LogP contribution < -0.4 is 16.0 Å². The standard InChI is InChI=1S/C15H17N3O3/c1-15(14(21)17-2)8-11(12(16)19)13(20)18(9-15)10-6-4-3-5-7-10/h3-8H,9H2,1-2H3,(H2,16,19)(H,17,21). The van der Waals surface area contributed by atoms with Gasteiger partial charge < -0.3 is 16.0 Å². The number of carbonyl (C=O) groups is 3. The summed E-state index contributed by atoms with van der Waals surface area (Å²) in [5.74, 6) is -1.61. The highest BCUT2D eigenvalue weighted by Gasteiger charge is 2.42. The summed E-state index contributed by atoms with van der Waals surface area (Å²) in [5.41, 5.74) is 4.71. The molecule has 1 unspecified atom stereocenters. The van der Waals surface area contributed by atoms with Crippen molar-refractivity contribution in [2.75, 3.05) is 18.5 Å². The van der Waals surface area contributed by atoms with E-state index < -0.39 is 17.2 Å². The predicted molar refractivity (Wildman–Crippen MR) is 78.2 cm³/mol. The number of nitrogens with zero attached hydrogens (tertiary/aromatic N) is 1. The van der Waals surface area contributed by atoms with E-state index in [-0.39, 0.29) is 18.0 Å². The van der Waals surface area contributed by atoms with Crippen molar-refractivity contribution >= 4 is 23.4 Å². The fourth-order valence-electron chi connectivity index (χ4n) is 2.39. The number of para-hydroxylation sites is 1. The minimum Gasteiger partial charge on any atom is -0.365 e. The van der Waals surface area contributed by atoms with Crippen molar-refractivity contribution in [3.63, 3.8) is 0 Å². The molecule has 1 atom stereocenters. The Kier molecular flexibility index (Phi) is 3.80. The molecule has 0 fully saturated rings. The Labute approximate surface area is 122 Å². The molecule has 2 rings (SSSR count). The number of rotatable bonds is 3. The molecule has 1 aliphatic rings. The van der Waals surface area contributed by atoms with Crippen LogP contribution in [-0.2, 0) is 14.4 Å². The molecular weight excluding hydrogens is 270 g/mol. The van der Waals surface area contributed by atoms with Crippen LogP contribution in [0.4, 0.5) is 5.69 Å². The SMILES string of the molecule is CNC(=O)C1(C)C=C(C(N)=O)C(=O)N(c2ccccc2)C1. The first-order valence-corrected chi connectivity index (χ1v) is 6.51. The van der Waals surface area contributed by atoms with Gasteiger partial charge in [0, 0.05) is 19.3 Å². The summed E-state index contributed by atoms with van der Waals surface area (Å²) in [6, 6.07) is 8.86. The summed E-state index contributed by atoms with van der Waals surface area (Å²) >= 11 is 0. The van der Waals surface area contributed by atoms with Gasteiger partial charge in [-0.25, -0.2) is 0 Å². The van der Waals surface area contributed by atoms with Gasteiger partial charge in [0.1, 0.15) is 5.57 Å². The third kappa shape index (κ3) is 2.65. The van der Waals surface area contributed by atoms with Crippen molar-refractivity contribution < 1.29 is 14.4 Å².